The first-order chi connectivity index (χ1) is 24.2. The predicted molar refractivity (Wildman–Crippen MR) is 188 cm³/mol. The second kappa shape index (κ2) is 14.3. The monoisotopic (exact) mass is 719 g/mol. The lowest BCUT2D eigenvalue weighted by molar-refractivity contribution is -0.148. The van der Waals surface area contributed by atoms with Crippen LogP contribution in [0.3, 0.4) is 0 Å². The molecule has 0 amide bonds. The highest BCUT2D eigenvalue weighted by molar-refractivity contribution is 7.52. The van der Waals surface area contributed by atoms with Gasteiger partial charge in [-0.05, 0) is 36.3 Å². The van der Waals surface area contributed by atoms with E-state index in [0.717, 1.165) is 5.39 Å². The number of aliphatic hydroxyl groups is 2. The molecule has 0 saturated carbocycles. The van der Waals surface area contributed by atoms with Crippen LogP contribution in [0.15, 0.2) is 79.1 Å². The Bertz CT molecular complexity index is 2060. The predicted octanol–water partition coefficient (Wildman–Crippen LogP) is 5.43. The van der Waals surface area contributed by atoms with E-state index in [1.54, 1.807) is 49.4 Å². The summed E-state index contributed by atoms with van der Waals surface area (Å²) in [7, 11) is -3.07. The number of carbonyl (C=O) groups is 1. The summed E-state index contributed by atoms with van der Waals surface area (Å²) in [4.78, 5) is 26.7. The highest BCUT2D eigenvalue weighted by atomic mass is 31.2. The molecule has 2 aromatic heterocycles. The van der Waals surface area contributed by atoms with Gasteiger partial charge in [-0.3, -0.25) is 9.09 Å². The van der Waals surface area contributed by atoms with Gasteiger partial charge < -0.3 is 28.9 Å². The van der Waals surface area contributed by atoms with Crippen LogP contribution < -0.4 is 14.3 Å². The number of nitrogens with one attached hydrogen (secondary N) is 1. The van der Waals surface area contributed by atoms with Crippen molar-refractivity contribution >= 4 is 35.7 Å². The van der Waals surface area contributed by atoms with Gasteiger partial charge in [0.15, 0.2) is 17.4 Å². The van der Waals surface area contributed by atoms with E-state index in [0.29, 0.717) is 27.9 Å². The van der Waals surface area contributed by atoms with Gasteiger partial charge >= 0.3 is 13.7 Å². The molecule has 270 valence electrons. The molecule has 6 rings (SSSR count). The summed E-state index contributed by atoms with van der Waals surface area (Å²) in [5, 5.41) is 27.2. The second-order valence-corrected chi connectivity index (χ2v) is 15.5. The minimum absolute atomic E-state index is 0.101. The molecule has 51 heavy (non-hydrogen) atoms. The van der Waals surface area contributed by atoms with Crippen LogP contribution in [0.5, 0.6) is 11.6 Å². The van der Waals surface area contributed by atoms with Crippen molar-refractivity contribution in [1.29, 1.82) is 0 Å². The zero-order chi connectivity index (χ0) is 36.6. The standard InChI is InChI=1S/C36H42N5O9P/c1-22-38-31-29(32(39-22)46-6)37-21-41(31)34-36(5,44)30(42)27(49-34)19-48-51(45,50-26-18-12-16-23-13-10-11-17-25(23)26)40-28(24-14-8-7-9-15-24)33(43)47-20-35(2,3)4/h7-18,21,27-28,30,34,42,44H,19-20H2,1-6H3,(H,40,45)/t27-,28+,30-,34?,36-,51?/m1/s1. The van der Waals surface area contributed by atoms with Crippen LogP contribution in [0.1, 0.15) is 51.4 Å². The first-order valence-corrected chi connectivity index (χ1v) is 18.0. The molecule has 1 saturated heterocycles. The third-order valence-electron chi connectivity index (χ3n) is 8.38. The number of nitrogens with zero attached hydrogens (tertiary/aromatic N) is 4. The molecular formula is C36H42N5O9P. The van der Waals surface area contributed by atoms with Gasteiger partial charge in [0, 0.05) is 5.39 Å². The van der Waals surface area contributed by atoms with Gasteiger partial charge in [0.1, 0.15) is 35.4 Å². The summed E-state index contributed by atoms with van der Waals surface area (Å²) in [6.07, 6.45) is -2.54. The second-order valence-electron chi connectivity index (χ2n) is 13.8. The third-order valence-corrected chi connectivity index (χ3v) is 9.88. The van der Waals surface area contributed by atoms with Crippen LogP contribution in [0.25, 0.3) is 21.9 Å². The van der Waals surface area contributed by atoms with Gasteiger partial charge in [0.25, 0.3) is 0 Å². The van der Waals surface area contributed by atoms with E-state index in [4.69, 9.17) is 23.3 Å². The molecule has 1 fully saturated rings. The van der Waals surface area contributed by atoms with Gasteiger partial charge in [-0.25, -0.2) is 19.3 Å². The van der Waals surface area contributed by atoms with Crippen LogP contribution in [0.4, 0.5) is 0 Å². The lowest BCUT2D eigenvalue weighted by Gasteiger charge is -2.28. The summed E-state index contributed by atoms with van der Waals surface area (Å²) in [6.45, 7) is 8.44. The van der Waals surface area contributed by atoms with Crippen LogP contribution in [-0.2, 0) is 23.4 Å². The Morgan fingerprint density at radius 1 is 1.08 bits per heavy atom. The van der Waals surface area contributed by atoms with E-state index in [1.807, 2.05) is 51.1 Å². The first kappa shape index (κ1) is 36.4. The van der Waals surface area contributed by atoms with Gasteiger partial charge in [0.2, 0.25) is 5.88 Å². The molecule has 2 unspecified atom stereocenters. The SMILES string of the molecule is COc1nc(C)nc2c1ncn2C1O[C@H](COP(=O)(N[C@H](C(=O)OCC(C)(C)C)c2ccccc2)Oc2cccc3ccccc23)[C@@H](O)[C@@]1(C)O. The number of aliphatic hydroxyl groups excluding tert-OH is 1. The Balaban J connectivity index is 1.33. The summed E-state index contributed by atoms with van der Waals surface area (Å²) < 4.78 is 45.8. The number of esters is 1. The molecule has 0 aliphatic carbocycles. The van der Waals surface area contributed by atoms with Crippen LogP contribution in [0.2, 0.25) is 0 Å². The van der Waals surface area contributed by atoms with Crippen LogP contribution in [-0.4, -0.2) is 73.8 Å². The van der Waals surface area contributed by atoms with Crippen molar-refractivity contribution in [2.45, 2.75) is 64.7 Å². The number of fused-ring (bicyclic) bond motifs is 2. The number of ether oxygens (including phenoxy) is 3. The molecular weight excluding hydrogens is 677 g/mol. The molecule has 15 heteroatoms. The number of hydrogen-bond acceptors (Lipinski definition) is 12. The Kier molecular flexibility index (Phi) is 10.2. The van der Waals surface area contributed by atoms with Gasteiger partial charge in [0.05, 0.1) is 26.7 Å². The molecule has 1 aliphatic rings. The third kappa shape index (κ3) is 7.76. The van der Waals surface area contributed by atoms with Gasteiger partial charge in [-0.2, -0.15) is 10.1 Å². The molecule has 6 atom stereocenters. The number of aromatic nitrogens is 4. The number of benzene rings is 3. The summed E-state index contributed by atoms with van der Waals surface area (Å²) >= 11 is 0. The van der Waals surface area contributed by atoms with Crippen molar-refractivity contribution in [3.8, 4) is 11.6 Å². The highest BCUT2D eigenvalue weighted by Gasteiger charge is 2.54. The van der Waals surface area contributed by atoms with Crippen molar-refractivity contribution in [1.82, 2.24) is 24.6 Å². The number of methoxy groups -OCH3 is 1. The molecule has 14 nitrogen and oxygen atoms in total. The Labute approximate surface area is 295 Å². The fourth-order valence-corrected chi connectivity index (χ4v) is 7.30. The Hall–Kier alpha value is -4.43. The summed E-state index contributed by atoms with van der Waals surface area (Å²) in [6, 6.07) is 20.0. The van der Waals surface area contributed by atoms with Crippen LogP contribution >= 0.6 is 7.75 Å². The van der Waals surface area contributed by atoms with Crippen molar-refractivity contribution in [3.63, 3.8) is 0 Å². The molecule has 0 spiro atoms. The van der Waals surface area contributed by atoms with E-state index >= 15 is 0 Å². The summed E-state index contributed by atoms with van der Waals surface area (Å²) in [5.41, 5.74) is -1.12. The lowest BCUT2D eigenvalue weighted by Crippen LogP contribution is -2.44. The number of aryl methyl sites for hydroxylation is 1. The smallest absolute Gasteiger partial charge is 0.459 e. The van der Waals surface area contributed by atoms with Crippen molar-refractivity contribution in [2.75, 3.05) is 20.3 Å². The van der Waals surface area contributed by atoms with E-state index in [1.165, 1.54) is 24.9 Å². The quantitative estimate of drug-likeness (QED) is 0.110. The maximum atomic E-state index is 14.9. The molecule has 1 aliphatic heterocycles. The van der Waals surface area contributed by atoms with Gasteiger partial charge in [-0.1, -0.05) is 87.5 Å². The van der Waals surface area contributed by atoms with E-state index in [-0.39, 0.29) is 23.7 Å². The molecule has 5 aromatic rings. The molecule has 3 aromatic carbocycles. The Morgan fingerprint density at radius 3 is 2.51 bits per heavy atom. The molecule has 0 radical (unpaired) electrons. The zero-order valence-corrected chi connectivity index (χ0v) is 30.1. The van der Waals surface area contributed by atoms with Gasteiger partial charge in [-0.15, -0.1) is 0 Å². The number of imidazole rings is 1. The number of carbonyl (C=O) groups excluding carboxylic acids is 1. The fraction of sp³-hybridized carbons (Fsp3) is 0.389. The summed E-state index contributed by atoms with van der Waals surface area (Å²) in [5.74, 6) is 0.165. The average Bonchev–Trinajstić information content (AvgIpc) is 3.61. The minimum atomic E-state index is -4.52. The van der Waals surface area contributed by atoms with Crippen molar-refractivity contribution in [2.24, 2.45) is 5.41 Å². The minimum Gasteiger partial charge on any atom is -0.479 e. The maximum absolute atomic E-state index is 14.9. The van der Waals surface area contributed by atoms with E-state index < -0.39 is 50.4 Å². The zero-order valence-electron chi connectivity index (χ0n) is 29.2. The van der Waals surface area contributed by atoms with E-state index in [9.17, 15) is 19.6 Å². The largest absolute Gasteiger partial charge is 0.479 e. The van der Waals surface area contributed by atoms with Crippen LogP contribution in [0, 0.1) is 12.3 Å². The average molecular weight is 720 g/mol. The number of rotatable bonds is 12. The molecule has 3 N–H and O–H groups in total. The Morgan fingerprint density at radius 2 is 1.78 bits per heavy atom. The fourth-order valence-electron chi connectivity index (χ4n) is 5.79. The molecule has 3 heterocycles. The highest BCUT2D eigenvalue weighted by Crippen LogP contribution is 2.50. The first-order valence-electron chi connectivity index (χ1n) is 16.4. The normalized spacial score (nSPS) is 22.5. The topological polar surface area (TPSA) is 176 Å². The molecule has 0 bridgehead atoms. The number of hydrogen-bond donors (Lipinski definition) is 3. The van der Waals surface area contributed by atoms with Crippen molar-refractivity contribution < 1.29 is 42.8 Å². The maximum Gasteiger partial charge on any atom is 0.459 e. The van der Waals surface area contributed by atoms with E-state index in [2.05, 4.69) is 20.0 Å². The van der Waals surface area contributed by atoms with Crippen molar-refractivity contribution in [3.05, 3.63) is 90.5 Å². The lowest BCUT2D eigenvalue weighted by atomic mass is 9.96.